The van der Waals surface area contributed by atoms with Crippen LogP contribution >= 0.6 is 0 Å². The molecule has 4 heteroatoms. The molecular weight excluding hydrogens is 190 g/mol. The third-order valence-corrected chi connectivity index (χ3v) is 2.92. The van der Waals surface area contributed by atoms with Gasteiger partial charge in [-0.3, -0.25) is 9.69 Å². The number of likely N-dealkylation sites (N-methyl/N-ethyl adjacent to an activating group) is 1. The number of carbonyl (C=O) groups excluding carboxylic acids is 1. The predicted molar refractivity (Wildman–Crippen MR) is 61.8 cm³/mol. The van der Waals surface area contributed by atoms with E-state index in [9.17, 15) is 4.79 Å². The fourth-order valence-electron chi connectivity index (χ4n) is 2.09. The van der Waals surface area contributed by atoms with Gasteiger partial charge in [0.05, 0.1) is 6.54 Å². The summed E-state index contributed by atoms with van der Waals surface area (Å²) in [5, 5.41) is 6.08. The van der Waals surface area contributed by atoms with Gasteiger partial charge in [-0.05, 0) is 32.4 Å². The fraction of sp³-hybridized carbons (Fsp3) is 0.909. The normalized spacial score (nSPS) is 21.7. The van der Waals surface area contributed by atoms with E-state index in [0.717, 1.165) is 26.1 Å². The maximum Gasteiger partial charge on any atom is 0.233 e. The van der Waals surface area contributed by atoms with Gasteiger partial charge in [-0.1, -0.05) is 6.92 Å². The molecule has 1 saturated heterocycles. The quantitative estimate of drug-likeness (QED) is 0.685. The van der Waals surface area contributed by atoms with Gasteiger partial charge in [0.1, 0.15) is 0 Å². The van der Waals surface area contributed by atoms with Crippen molar-refractivity contribution in [3.8, 4) is 0 Å². The highest BCUT2D eigenvalue weighted by atomic mass is 16.1. The number of carbonyl (C=O) groups is 1. The van der Waals surface area contributed by atoms with Crippen LogP contribution in [-0.2, 0) is 4.79 Å². The molecule has 1 atom stereocenters. The number of nitrogens with zero attached hydrogens (tertiary/aromatic N) is 1. The van der Waals surface area contributed by atoms with Crippen molar-refractivity contribution in [2.75, 3.05) is 33.2 Å². The lowest BCUT2D eigenvalue weighted by Gasteiger charge is -2.33. The van der Waals surface area contributed by atoms with Crippen molar-refractivity contribution in [1.82, 2.24) is 15.5 Å². The Morgan fingerprint density at radius 3 is 2.93 bits per heavy atom. The molecule has 1 fully saturated rings. The minimum Gasteiger partial charge on any atom is -0.358 e. The van der Waals surface area contributed by atoms with Crippen LogP contribution < -0.4 is 10.6 Å². The third-order valence-electron chi connectivity index (χ3n) is 2.92. The molecule has 1 amide bonds. The van der Waals surface area contributed by atoms with Crippen molar-refractivity contribution >= 4 is 5.91 Å². The Kier molecular flexibility index (Phi) is 5.65. The van der Waals surface area contributed by atoms with Crippen LogP contribution in [0.25, 0.3) is 0 Å². The lowest BCUT2D eigenvalue weighted by molar-refractivity contribution is -0.122. The molecule has 0 spiro atoms. The van der Waals surface area contributed by atoms with Crippen molar-refractivity contribution < 1.29 is 4.79 Å². The average molecular weight is 213 g/mol. The summed E-state index contributed by atoms with van der Waals surface area (Å²) in [6.07, 6.45) is 3.54. The molecule has 4 nitrogen and oxygen atoms in total. The van der Waals surface area contributed by atoms with E-state index in [2.05, 4.69) is 22.5 Å². The average Bonchev–Trinajstić information content (AvgIpc) is 2.29. The number of hydrogen-bond donors (Lipinski definition) is 2. The SMILES string of the molecule is CCCN(CC(=O)NC)C1CCCNC1. The van der Waals surface area contributed by atoms with Crippen molar-refractivity contribution in [1.29, 1.82) is 0 Å². The molecule has 88 valence electrons. The van der Waals surface area contributed by atoms with E-state index >= 15 is 0 Å². The highest BCUT2D eigenvalue weighted by Gasteiger charge is 2.21. The molecule has 1 aliphatic rings. The molecular formula is C11H23N3O. The van der Waals surface area contributed by atoms with Crippen LogP contribution in [0.1, 0.15) is 26.2 Å². The highest BCUT2D eigenvalue weighted by molar-refractivity contribution is 5.77. The Balaban J connectivity index is 2.43. The van der Waals surface area contributed by atoms with Gasteiger partial charge in [0.15, 0.2) is 0 Å². The molecule has 1 heterocycles. The Morgan fingerprint density at radius 1 is 1.60 bits per heavy atom. The van der Waals surface area contributed by atoms with Gasteiger partial charge in [0.25, 0.3) is 0 Å². The van der Waals surface area contributed by atoms with Gasteiger partial charge in [-0.25, -0.2) is 0 Å². The molecule has 1 aliphatic heterocycles. The minimum atomic E-state index is 0.119. The van der Waals surface area contributed by atoms with Crippen LogP contribution in [0.5, 0.6) is 0 Å². The first kappa shape index (κ1) is 12.5. The molecule has 1 unspecified atom stereocenters. The maximum atomic E-state index is 11.4. The van der Waals surface area contributed by atoms with Crippen molar-refractivity contribution in [3.63, 3.8) is 0 Å². The fourth-order valence-corrected chi connectivity index (χ4v) is 2.09. The predicted octanol–water partition coefficient (Wildman–Crippen LogP) is 0.196. The summed E-state index contributed by atoms with van der Waals surface area (Å²) in [7, 11) is 1.70. The van der Waals surface area contributed by atoms with Gasteiger partial charge in [0.2, 0.25) is 5.91 Å². The lowest BCUT2D eigenvalue weighted by Crippen LogP contribution is -2.49. The van der Waals surface area contributed by atoms with E-state index in [-0.39, 0.29) is 5.91 Å². The second kappa shape index (κ2) is 6.80. The zero-order valence-electron chi connectivity index (χ0n) is 9.88. The van der Waals surface area contributed by atoms with E-state index in [1.165, 1.54) is 12.8 Å². The van der Waals surface area contributed by atoms with Crippen molar-refractivity contribution in [2.45, 2.75) is 32.2 Å². The largest absolute Gasteiger partial charge is 0.358 e. The van der Waals surface area contributed by atoms with Crippen LogP contribution in [0.15, 0.2) is 0 Å². The van der Waals surface area contributed by atoms with E-state index in [1.54, 1.807) is 7.05 Å². The minimum absolute atomic E-state index is 0.119. The summed E-state index contributed by atoms with van der Waals surface area (Å²) in [5.74, 6) is 0.119. The summed E-state index contributed by atoms with van der Waals surface area (Å²) < 4.78 is 0. The first-order chi connectivity index (χ1) is 7.27. The van der Waals surface area contributed by atoms with E-state index in [4.69, 9.17) is 0 Å². The molecule has 0 radical (unpaired) electrons. The van der Waals surface area contributed by atoms with Gasteiger partial charge in [0, 0.05) is 19.6 Å². The molecule has 0 bridgehead atoms. The number of amides is 1. The van der Waals surface area contributed by atoms with Gasteiger partial charge in [-0.2, -0.15) is 0 Å². The Bertz CT molecular complexity index is 190. The molecule has 0 aromatic heterocycles. The van der Waals surface area contributed by atoms with Crippen molar-refractivity contribution in [3.05, 3.63) is 0 Å². The van der Waals surface area contributed by atoms with Crippen LogP contribution in [0.2, 0.25) is 0 Å². The highest BCUT2D eigenvalue weighted by Crippen LogP contribution is 2.10. The zero-order chi connectivity index (χ0) is 11.1. The molecule has 0 saturated carbocycles. The van der Waals surface area contributed by atoms with Gasteiger partial charge >= 0.3 is 0 Å². The summed E-state index contributed by atoms with van der Waals surface area (Å²) in [6, 6.07) is 0.538. The van der Waals surface area contributed by atoms with E-state index in [1.807, 2.05) is 0 Å². The summed E-state index contributed by atoms with van der Waals surface area (Å²) in [6.45, 7) is 5.86. The van der Waals surface area contributed by atoms with Crippen LogP contribution in [0.4, 0.5) is 0 Å². The van der Waals surface area contributed by atoms with E-state index in [0.29, 0.717) is 12.6 Å². The zero-order valence-corrected chi connectivity index (χ0v) is 9.88. The first-order valence-corrected chi connectivity index (χ1v) is 5.93. The number of rotatable bonds is 5. The van der Waals surface area contributed by atoms with Crippen LogP contribution in [-0.4, -0.2) is 50.1 Å². The Hall–Kier alpha value is -0.610. The monoisotopic (exact) mass is 213 g/mol. The smallest absolute Gasteiger partial charge is 0.233 e. The molecule has 2 N–H and O–H groups in total. The topological polar surface area (TPSA) is 44.4 Å². The molecule has 0 aromatic carbocycles. The number of piperidine rings is 1. The Labute approximate surface area is 92.4 Å². The van der Waals surface area contributed by atoms with Gasteiger partial charge < -0.3 is 10.6 Å². The standard InChI is InChI=1S/C11H23N3O/c1-3-7-14(9-11(15)12-2)10-5-4-6-13-8-10/h10,13H,3-9H2,1-2H3,(H,12,15). The summed E-state index contributed by atoms with van der Waals surface area (Å²) in [4.78, 5) is 13.7. The maximum absolute atomic E-state index is 11.4. The first-order valence-electron chi connectivity index (χ1n) is 5.93. The van der Waals surface area contributed by atoms with Crippen LogP contribution in [0, 0.1) is 0 Å². The second-order valence-electron chi connectivity index (χ2n) is 4.14. The van der Waals surface area contributed by atoms with Gasteiger partial charge in [-0.15, -0.1) is 0 Å². The van der Waals surface area contributed by atoms with Crippen LogP contribution in [0.3, 0.4) is 0 Å². The number of nitrogens with one attached hydrogen (secondary N) is 2. The van der Waals surface area contributed by atoms with Crippen molar-refractivity contribution in [2.24, 2.45) is 0 Å². The summed E-state index contributed by atoms with van der Waals surface area (Å²) >= 11 is 0. The molecule has 0 aromatic rings. The number of hydrogen-bond acceptors (Lipinski definition) is 3. The Morgan fingerprint density at radius 2 is 2.40 bits per heavy atom. The lowest BCUT2D eigenvalue weighted by atomic mass is 10.1. The molecule has 1 rings (SSSR count). The third kappa shape index (κ3) is 4.18. The molecule has 15 heavy (non-hydrogen) atoms. The molecule has 0 aliphatic carbocycles. The summed E-state index contributed by atoms with van der Waals surface area (Å²) in [5.41, 5.74) is 0. The second-order valence-corrected chi connectivity index (χ2v) is 4.14. The van der Waals surface area contributed by atoms with E-state index < -0.39 is 0 Å².